The number of imide groups is 1. The zero-order chi connectivity index (χ0) is 11.2. The summed E-state index contributed by atoms with van der Waals surface area (Å²) in [6.07, 6.45) is 1.02. The van der Waals surface area contributed by atoms with E-state index < -0.39 is 15.9 Å². The maximum absolute atomic E-state index is 11.5. The van der Waals surface area contributed by atoms with Gasteiger partial charge in [0.1, 0.15) is 0 Å². The van der Waals surface area contributed by atoms with Crippen molar-refractivity contribution in [2.45, 2.75) is 22.9 Å². The Kier molecular flexibility index (Phi) is 2.88. The highest BCUT2D eigenvalue weighted by Gasteiger charge is 2.56. The van der Waals surface area contributed by atoms with Gasteiger partial charge in [-0.3, -0.25) is 14.5 Å². The number of hydrogen-bond donors (Lipinski definition) is 0. The van der Waals surface area contributed by atoms with Crippen molar-refractivity contribution >= 4 is 46.6 Å². The van der Waals surface area contributed by atoms with Gasteiger partial charge >= 0.3 is 0 Å². The zero-order valence-electron chi connectivity index (χ0n) is 7.58. The molecule has 0 aromatic heterocycles. The summed E-state index contributed by atoms with van der Waals surface area (Å²) in [4.78, 5) is 24.0. The maximum atomic E-state index is 11.5. The van der Waals surface area contributed by atoms with Crippen LogP contribution in [-0.2, 0) is 14.3 Å². The van der Waals surface area contributed by atoms with E-state index in [1.165, 1.54) is 0 Å². The minimum absolute atomic E-state index is 0.241. The fraction of sp³-hybridized carbons (Fsp3) is 0.750. The van der Waals surface area contributed by atoms with Gasteiger partial charge in [0.2, 0.25) is 5.91 Å². The van der Waals surface area contributed by atoms with Crippen LogP contribution in [-0.4, -0.2) is 33.3 Å². The number of carbonyl (C=O) groups is 2. The number of fused-ring (bicyclic) bond motifs is 1. The van der Waals surface area contributed by atoms with Crippen molar-refractivity contribution in [1.82, 2.24) is 4.90 Å². The average Bonchev–Trinajstić information content (AvgIpc) is 2.16. The van der Waals surface area contributed by atoms with Crippen LogP contribution in [0.25, 0.3) is 0 Å². The van der Waals surface area contributed by atoms with E-state index in [1.807, 2.05) is 0 Å². The molecule has 0 spiro atoms. The van der Waals surface area contributed by atoms with Crippen LogP contribution < -0.4 is 0 Å². The van der Waals surface area contributed by atoms with E-state index in [0.717, 1.165) is 17.7 Å². The minimum Gasteiger partial charge on any atom is -0.357 e. The van der Waals surface area contributed by atoms with Crippen LogP contribution in [0.2, 0.25) is 0 Å². The Morgan fingerprint density at radius 2 is 2.13 bits per heavy atom. The van der Waals surface area contributed by atoms with Gasteiger partial charge in [-0.25, -0.2) is 0 Å². The summed E-state index contributed by atoms with van der Waals surface area (Å²) >= 11 is 16.3. The molecule has 0 radical (unpaired) electrons. The van der Waals surface area contributed by atoms with E-state index >= 15 is 0 Å². The lowest BCUT2D eigenvalue weighted by molar-refractivity contribution is -0.206. The molecule has 2 heterocycles. The topological polar surface area (TPSA) is 46.6 Å². The molecule has 2 rings (SSSR count). The average molecular weight is 273 g/mol. The van der Waals surface area contributed by atoms with Gasteiger partial charge in [0, 0.05) is 6.61 Å². The van der Waals surface area contributed by atoms with Gasteiger partial charge in [-0.15, -0.1) is 0 Å². The molecular weight excluding hydrogens is 264 g/mol. The van der Waals surface area contributed by atoms with Crippen molar-refractivity contribution in [3.63, 3.8) is 0 Å². The third kappa shape index (κ3) is 1.84. The minimum atomic E-state index is -2.10. The van der Waals surface area contributed by atoms with Crippen molar-refractivity contribution in [1.29, 1.82) is 0 Å². The smallest absolute Gasteiger partial charge is 0.283 e. The molecule has 7 heteroatoms. The first-order valence-corrected chi connectivity index (χ1v) is 5.62. The van der Waals surface area contributed by atoms with Crippen LogP contribution in [0.5, 0.6) is 0 Å². The highest BCUT2D eigenvalue weighted by molar-refractivity contribution is 6.76. The fourth-order valence-electron chi connectivity index (χ4n) is 1.84. The van der Waals surface area contributed by atoms with Crippen LogP contribution in [0.3, 0.4) is 0 Å². The number of rotatable bonds is 0. The van der Waals surface area contributed by atoms with E-state index in [9.17, 15) is 9.59 Å². The quantitative estimate of drug-likeness (QED) is 0.496. The second kappa shape index (κ2) is 3.77. The first-order valence-electron chi connectivity index (χ1n) is 4.49. The summed E-state index contributed by atoms with van der Waals surface area (Å²) in [5, 5.41) is 0. The molecule has 0 aliphatic carbocycles. The highest BCUT2D eigenvalue weighted by Crippen LogP contribution is 2.39. The van der Waals surface area contributed by atoms with Crippen LogP contribution >= 0.6 is 34.8 Å². The first kappa shape index (κ1) is 11.5. The van der Waals surface area contributed by atoms with Crippen LogP contribution in [0, 0.1) is 5.92 Å². The summed E-state index contributed by atoms with van der Waals surface area (Å²) in [5.41, 5.74) is 0. The largest absolute Gasteiger partial charge is 0.357 e. The molecule has 2 saturated heterocycles. The van der Waals surface area contributed by atoms with Gasteiger partial charge in [-0.05, 0) is 12.8 Å². The Bertz CT molecular complexity index is 315. The van der Waals surface area contributed by atoms with E-state index in [2.05, 4.69) is 0 Å². The third-order valence-corrected chi connectivity index (χ3v) is 3.05. The predicted molar refractivity (Wildman–Crippen MR) is 54.6 cm³/mol. The van der Waals surface area contributed by atoms with Crippen molar-refractivity contribution in [2.75, 3.05) is 6.61 Å². The summed E-state index contributed by atoms with van der Waals surface area (Å²) < 4.78 is 3.19. The number of alkyl halides is 3. The summed E-state index contributed by atoms with van der Waals surface area (Å²) in [7, 11) is 0. The first-order chi connectivity index (χ1) is 6.93. The number of amides is 2. The van der Waals surface area contributed by atoms with Crippen molar-refractivity contribution < 1.29 is 14.3 Å². The lowest BCUT2D eigenvalue weighted by atomic mass is 9.89. The van der Waals surface area contributed by atoms with Crippen LogP contribution in [0.1, 0.15) is 12.8 Å². The molecule has 2 atom stereocenters. The monoisotopic (exact) mass is 271 g/mol. The lowest BCUT2D eigenvalue weighted by Crippen LogP contribution is -2.67. The number of carbonyl (C=O) groups excluding carboxylic acids is 2. The molecule has 0 N–H and O–H groups in total. The van der Waals surface area contributed by atoms with Gasteiger partial charge in [-0.1, -0.05) is 34.8 Å². The van der Waals surface area contributed by atoms with Crippen molar-refractivity contribution in [3.8, 4) is 0 Å². The van der Waals surface area contributed by atoms with Crippen molar-refractivity contribution in [2.24, 2.45) is 5.92 Å². The molecule has 2 amide bonds. The summed E-state index contributed by atoms with van der Waals surface area (Å²) in [6, 6.07) is 0. The third-order valence-electron chi connectivity index (χ3n) is 2.56. The Hall–Kier alpha value is -0.0300. The second-order valence-electron chi connectivity index (χ2n) is 3.52. The molecule has 0 aromatic carbocycles. The van der Waals surface area contributed by atoms with Gasteiger partial charge in [0.05, 0.1) is 5.92 Å². The summed E-state index contributed by atoms with van der Waals surface area (Å²) in [5.74, 6) is -1.38. The van der Waals surface area contributed by atoms with Gasteiger partial charge in [0.15, 0.2) is 6.23 Å². The molecule has 2 aliphatic heterocycles. The molecule has 0 aromatic rings. The molecule has 15 heavy (non-hydrogen) atoms. The number of hydrogen-bond acceptors (Lipinski definition) is 3. The van der Waals surface area contributed by atoms with Crippen LogP contribution in [0.4, 0.5) is 0 Å². The standard InChI is InChI=1S/C8H8Cl3NO3/c9-8(10,11)7(14)12-5(13)4-2-1-3-15-6(4)12/h4,6H,1-3H2. The zero-order valence-corrected chi connectivity index (χ0v) is 9.85. The molecule has 0 bridgehead atoms. The fourth-order valence-corrected chi connectivity index (χ4v) is 2.11. The predicted octanol–water partition coefficient (Wildman–Crippen LogP) is 1.48. The highest BCUT2D eigenvalue weighted by atomic mass is 35.6. The SMILES string of the molecule is O=C1C2CCCOC2N1C(=O)C(Cl)(Cl)Cl. The number of likely N-dealkylation sites (tertiary alicyclic amines) is 1. The number of β-lactam (4-membered cyclic amide) rings is 1. The number of ether oxygens (including phenoxy) is 1. The Balaban J connectivity index is 2.12. The molecule has 2 fully saturated rings. The number of halogens is 3. The lowest BCUT2D eigenvalue weighted by Gasteiger charge is -2.48. The normalized spacial score (nSPS) is 30.9. The Labute approximate surface area is 101 Å². The van der Waals surface area contributed by atoms with E-state index in [-0.39, 0.29) is 11.8 Å². The number of nitrogens with zero attached hydrogens (tertiary/aromatic N) is 1. The molecular formula is C8H8Cl3NO3. The molecule has 2 unspecified atom stereocenters. The maximum Gasteiger partial charge on any atom is 0.283 e. The Morgan fingerprint density at radius 1 is 1.47 bits per heavy atom. The molecule has 2 aliphatic rings. The van der Waals surface area contributed by atoms with Crippen LogP contribution in [0.15, 0.2) is 0 Å². The second-order valence-corrected chi connectivity index (χ2v) is 5.80. The van der Waals surface area contributed by atoms with Gasteiger partial charge in [0.25, 0.3) is 9.70 Å². The molecule has 84 valence electrons. The van der Waals surface area contributed by atoms with Gasteiger partial charge in [-0.2, -0.15) is 0 Å². The van der Waals surface area contributed by atoms with Crippen molar-refractivity contribution in [3.05, 3.63) is 0 Å². The summed E-state index contributed by atoms with van der Waals surface area (Å²) in [6.45, 7) is 0.526. The van der Waals surface area contributed by atoms with Gasteiger partial charge < -0.3 is 4.74 Å². The molecule has 4 nitrogen and oxygen atoms in total. The van der Waals surface area contributed by atoms with E-state index in [1.54, 1.807) is 0 Å². The molecule has 0 saturated carbocycles. The van der Waals surface area contributed by atoms with E-state index in [4.69, 9.17) is 39.5 Å². The van der Waals surface area contributed by atoms with E-state index in [0.29, 0.717) is 6.61 Å². The Morgan fingerprint density at radius 3 is 2.73 bits per heavy atom.